The minimum absolute atomic E-state index is 0.0625. The molecule has 0 aromatic heterocycles. The summed E-state index contributed by atoms with van der Waals surface area (Å²) in [7, 11) is 0. The summed E-state index contributed by atoms with van der Waals surface area (Å²) in [6, 6.07) is -0.599. The second-order valence-electron chi connectivity index (χ2n) is 6.12. The Kier molecular flexibility index (Phi) is 4.83. The first-order chi connectivity index (χ1) is 9.11. The van der Waals surface area contributed by atoms with Crippen LogP contribution >= 0.6 is 0 Å². The molecule has 0 spiro atoms. The van der Waals surface area contributed by atoms with E-state index >= 15 is 0 Å². The monoisotopic (exact) mass is 267 g/mol. The molecule has 0 aromatic rings. The van der Waals surface area contributed by atoms with Crippen molar-refractivity contribution >= 4 is 11.9 Å². The SMILES string of the molecule is CC1CCN(C(=O)C2CCCCCCC2)C1C(=O)O. The minimum Gasteiger partial charge on any atom is -0.480 e. The number of carboxylic acids is 1. The zero-order valence-electron chi connectivity index (χ0n) is 11.8. The van der Waals surface area contributed by atoms with Crippen molar-refractivity contribution in [2.24, 2.45) is 11.8 Å². The zero-order chi connectivity index (χ0) is 13.8. The molecule has 4 nitrogen and oxygen atoms in total. The molecule has 108 valence electrons. The predicted octanol–water partition coefficient (Wildman–Crippen LogP) is 2.67. The molecule has 2 fully saturated rings. The van der Waals surface area contributed by atoms with Crippen LogP contribution in [0.15, 0.2) is 0 Å². The molecule has 19 heavy (non-hydrogen) atoms. The van der Waals surface area contributed by atoms with Crippen LogP contribution in [-0.4, -0.2) is 34.5 Å². The second kappa shape index (κ2) is 6.40. The number of aliphatic carboxylic acids is 1. The van der Waals surface area contributed by atoms with Crippen LogP contribution in [-0.2, 0) is 9.59 Å². The van der Waals surface area contributed by atoms with Gasteiger partial charge in [0.1, 0.15) is 6.04 Å². The maximum absolute atomic E-state index is 12.6. The van der Waals surface area contributed by atoms with Gasteiger partial charge in [0.05, 0.1) is 0 Å². The summed E-state index contributed by atoms with van der Waals surface area (Å²) in [5.41, 5.74) is 0. The molecular weight excluding hydrogens is 242 g/mol. The Labute approximate surface area is 115 Å². The highest BCUT2D eigenvalue weighted by molar-refractivity contribution is 5.86. The lowest BCUT2D eigenvalue weighted by Gasteiger charge is -2.28. The molecule has 1 aliphatic heterocycles. The van der Waals surface area contributed by atoms with Gasteiger partial charge in [0.25, 0.3) is 0 Å². The van der Waals surface area contributed by atoms with Crippen molar-refractivity contribution in [1.29, 1.82) is 0 Å². The van der Waals surface area contributed by atoms with Gasteiger partial charge in [0, 0.05) is 12.5 Å². The third kappa shape index (κ3) is 3.28. The van der Waals surface area contributed by atoms with Gasteiger partial charge in [-0.05, 0) is 25.2 Å². The highest BCUT2D eigenvalue weighted by atomic mass is 16.4. The maximum atomic E-state index is 12.6. The quantitative estimate of drug-likeness (QED) is 0.836. The van der Waals surface area contributed by atoms with E-state index in [0.717, 1.165) is 32.1 Å². The Morgan fingerprint density at radius 3 is 2.16 bits per heavy atom. The van der Waals surface area contributed by atoms with Crippen LogP contribution in [0.4, 0.5) is 0 Å². The van der Waals surface area contributed by atoms with Gasteiger partial charge >= 0.3 is 5.97 Å². The molecule has 0 bridgehead atoms. The number of carbonyl (C=O) groups is 2. The molecule has 1 saturated carbocycles. The van der Waals surface area contributed by atoms with Crippen LogP contribution in [0.5, 0.6) is 0 Å². The van der Waals surface area contributed by atoms with Gasteiger partial charge < -0.3 is 10.0 Å². The first-order valence-corrected chi connectivity index (χ1v) is 7.64. The molecule has 2 aliphatic rings. The summed E-state index contributed by atoms with van der Waals surface area (Å²) in [5.74, 6) is -0.606. The molecule has 0 aromatic carbocycles. The van der Waals surface area contributed by atoms with E-state index in [1.165, 1.54) is 19.3 Å². The topological polar surface area (TPSA) is 57.6 Å². The average molecular weight is 267 g/mol. The standard InChI is InChI=1S/C15H25NO3/c1-11-9-10-16(13(11)15(18)19)14(17)12-7-5-3-2-4-6-8-12/h11-13H,2-10H2,1H3,(H,18,19). The normalized spacial score (nSPS) is 29.8. The molecule has 2 rings (SSSR count). The molecule has 4 heteroatoms. The van der Waals surface area contributed by atoms with Gasteiger partial charge in [-0.25, -0.2) is 4.79 Å². The molecule has 1 heterocycles. The Hall–Kier alpha value is -1.06. The summed E-state index contributed by atoms with van der Waals surface area (Å²) in [6.45, 7) is 2.55. The van der Waals surface area contributed by atoms with E-state index in [-0.39, 0.29) is 17.7 Å². The van der Waals surface area contributed by atoms with Crippen LogP contribution in [0.2, 0.25) is 0 Å². The Balaban J connectivity index is 2.02. The van der Waals surface area contributed by atoms with Gasteiger partial charge in [-0.1, -0.05) is 39.0 Å². The van der Waals surface area contributed by atoms with Gasteiger partial charge in [-0.15, -0.1) is 0 Å². The molecule has 1 N–H and O–H groups in total. The van der Waals surface area contributed by atoms with Gasteiger partial charge in [0.2, 0.25) is 5.91 Å². The average Bonchev–Trinajstić information content (AvgIpc) is 2.70. The predicted molar refractivity (Wildman–Crippen MR) is 72.7 cm³/mol. The van der Waals surface area contributed by atoms with Crippen molar-refractivity contribution in [3.63, 3.8) is 0 Å². The van der Waals surface area contributed by atoms with Crippen LogP contribution in [0, 0.1) is 11.8 Å². The van der Waals surface area contributed by atoms with Crippen molar-refractivity contribution in [1.82, 2.24) is 4.90 Å². The Bertz CT molecular complexity index is 334. The molecule has 1 aliphatic carbocycles. The Morgan fingerprint density at radius 2 is 1.58 bits per heavy atom. The molecule has 1 amide bonds. The molecule has 1 saturated heterocycles. The van der Waals surface area contributed by atoms with E-state index < -0.39 is 12.0 Å². The summed E-state index contributed by atoms with van der Waals surface area (Å²) in [5, 5.41) is 9.31. The Morgan fingerprint density at radius 1 is 1.00 bits per heavy atom. The molecule has 0 radical (unpaired) electrons. The first-order valence-electron chi connectivity index (χ1n) is 7.64. The van der Waals surface area contributed by atoms with E-state index in [1.807, 2.05) is 6.92 Å². The van der Waals surface area contributed by atoms with Crippen molar-refractivity contribution in [3.05, 3.63) is 0 Å². The van der Waals surface area contributed by atoms with E-state index in [0.29, 0.717) is 6.54 Å². The van der Waals surface area contributed by atoms with Crippen molar-refractivity contribution in [3.8, 4) is 0 Å². The van der Waals surface area contributed by atoms with E-state index in [9.17, 15) is 14.7 Å². The fourth-order valence-corrected chi connectivity index (χ4v) is 3.51. The summed E-state index contributed by atoms with van der Waals surface area (Å²) in [6.07, 6.45) is 8.61. The lowest BCUT2D eigenvalue weighted by Crippen LogP contribution is -2.45. The van der Waals surface area contributed by atoms with Crippen molar-refractivity contribution < 1.29 is 14.7 Å². The lowest BCUT2D eigenvalue weighted by atomic mass is 9.90. The number of amides is 1. The fourth-order valence-electron chi connectivity index (χ4n) is 3.51. The fraction of sp³-hybridized carbons (Fsp3) is 0.867. The number of carboxylic acid groups (broad SMARTS) is 1. The number of carbonyl (C=O) groups excluding carboxylic acids is 1. The summed E-state index contributed by atoms with van der Waals surface area (Å²) < 4.78 is 0. The third-order valence-electron chi connectivity index (χ3n) is 4.69. The lowest BCUT2D eigenvalue weighted by molar-refractivity contribution is -0.151. The number of nitrogens with zero attached hydrogens (tertiary/aromatic N) is 1. The highest BCUT2D eigenvalue weighted by Crippen LogP contribution is 2.30. The molecular formula is C15H25NO3. The molecule has 2 atom stereocenters. The van der Waals surface area contributed by atoms with Gasteiger partial charge in [-0.2, -0.15) is 0 Å². The zero-order valence-corrected chi connectivity index (χ0v) is 11.8. The van der Waals surface area contributed by atoms with Crippen LogP contribution < -0.4 is 0 Å². The molecule has 2 unspecified atom stereocenters. The van der Waals surface area contributed by atoms with E-state index in [4.69, 9.17) is 0 Å². The summed E-state index contributed by atoms with van der Waals surface area (Å²) >= 11 is 0. The largest absolute Gasteiger partial charge is 0.480 e. The number of hydrogen-bond acceptors (Lipinski definition) is 2. The van der Waals surface area contributed by atoms with Gasteiger partial charge in [0.15, 0.2) is 0 Å². The number of rotatable bonds is 2. The minimum atomic E-state index is -0.843. The van der Waals surface area contributed by atoms with Crippen molar-refractivity contribution in [2.45, 2.75) is 64.3 Å². The second-order valence-corrected chi connectivity index (χ2v) is 6.12. The van der Waals surface area contributed by atoms with Crippen LogP contribution in [0.1, 0.15) is 58.3 Å². The van der Waals surface area contributed by atoms with E-state index in [1.54, 1.807) is 4.90 Å². The number of likely N-dealkylation sites (tertiary alicyclic amines) is 1. The smallest absolute Gasteiger partial charge is 0.326 e. The third-order valence-corrected chi connectivity index (χ3v) is 4.69. The highest BCUT2D eigenvalue weighted by Gasteiger charge is 2.41. The number of hydrogen-bond donors (Lipinski definition) is 1. The van der Waals surface area contributed by atoms with Crippen LogP contribution in [0.3, 0.4) is 0 Å². The summed E-state index contributed by atoms with van der Waals surface area (Å²) in [4.78, 5) is 25.6. The van der Waals surface area contributed by atoms with Crippen molar-refractivity contribution in [2.75, 3.05) is 6.54 Å². The van der Waals surface area contributed by atoms with E-state index in [2.05, 4.69) is 0 Å². The first kappa shape index (κ1) is 14.4. The van der Waals surface area contributed by atoms with Crippen LogP contribution in [0.25, 0.3) is 0 Å². The van der Waals surface area contributed by atoms with Gasteiger partial charge in [-0.3, -0.25) is 4.79 Å². The maximum Gasteiger partial charge on any atom is 0.326 e.